The largest absolute Gasteiger partial charge is 0.469 e. The second-order valence-corrected chi connectivity index (χ2v) is 12.4. The molecule has 0 aromatic heterocycles. The number of nitrogens with zero attached hydrogens (tertiary/aromatic N) is 1. The van der Waals surface area contributed by atoms with E-state index in [9.17, 15) is 23.5 Å². The molecule has 0 bridgehead atoms. The van der Waals surface area contributed by atoms with Gasteiger partial charge in [0.25, 0.3) is 0 Å². The Hall–Kier alpha value is -1.37. The van der Waals surface area contributed by atoms with E-state index < -0.39 is 77.1 Å². The summed E-state index contributed by atoms with van der Waals surface area (Å²) in [6, 6.07) is 0. The van der Waals surface area contributed by atoms with Crippen molar-refractivity contribution < 1.29 is 66.3 Å². The highest BCUT2D eigenvalue weighted by molar-refractivity contribution is 7.51. The monoisotopic (exact) mass is 564 g/mol. The number of phosphoric acid groups is 1. The molecule has 0 saturated heterocycles. The molecule has 0 fully saturated rings. The molecule has 0 amide bonds. The van der Waals surface area contributed by atoms with E-state index in [2.05, 4.69) is 4.52 Å². The number of ether oxygens (including phenoxy) is 3. The van der Waals surface area contributed by atoms with Gasteiger partial charge in [0.15, 0.2) is 0 Å². The first-order chi connectivity index (χ1) is 16.3. The lowest BCUT2D eigenvalue weighted by atomic mass is 9.86. The highest BCUT2D eigenvalue weighted by atomic mass is 31.2. The van der Waals surface area contributed by atoms with E-state index in [-0.39, 0.29) is 19.4 Å². The van der Waals surface area contributed by atoms with Crippen LogP contribution in [0.2, 0.25) is 0 Å². The third-order valence-electron chi connectivity index (χ3n) is 4.99. The van der Waals surface area contributed by atoms with Crippen molar-refractivity contribution in [2.24, 2.45) is 17.8 Å². The summed E-state index contributed by atoms with van der Waals surface area (Å²) in [7, 11) is -3.28. The summed E-state index contributed by atoms with van der Waals surface area (Å²) in [6.07, 6.45) is -0.420. The molecule has 212 valence electrons. The van der Waals surface area contributed by atoms with Gasteiger partial charge in [-0.1, -0.05) is 13.8 Å². The van der Waals surface area contributed by atoms with E-state index in [1.807, 2.05) is 21.1 Å². The Bertz CT molecular complexity index is 802. The molecule has 0 rings (SSSR count). The molecule has 0 aliphatic heterocycles. The lowest BCUT2D eigenvalue weighted by Gasteiger charge is -2.25. The maximum Gasteiger partial charge on any atom is 0.469 e. The van der Waals surface area contributed by atoms with Crippen molar-refractivity contribution in [2.75, 3.05) is 60.3 Å². The minimum Gasteiger partial charge on any atom is -0.465 e. The summed E-state index contributed by atoms with van der Waals surface area (Å²) >= 11 is 0. The van der Waals surface area contributed by atoms with Crippen molar-refractivity contribution in [1.29, 1.82) is 0 Å². The quantitative estimate of drug-likeness (QED) is 0.0595. The fourth-order valence-corrected chi connectivity index (χ4v) is 3.59. The minimum absolute atomic E-state index is 0.0159. The SMILES string of the molecule is CCC(CC(CC(C)C(=O)OCCP(=O)(O)O)C(=O)OCCOP(=O)(O)O)C(=O)OCC[N+](C)(C)C. The lowest BCUT2D eigenvalue weighted by molar-refractivity contribution is -0.870. The molecule has 0 saturated carbocycles. The number of likely N-dealkylation sites (N-methyl/N-ethyl adjacent to an activating group) is 1. The normalized spacial score (nSPS) is 15.0. The standard InChI is InChI=1S/C20H39NO13P2/c1-6-16(19(23)31-8-7-21(3,4)5)14-17(20(24)32-9-10-34-36(28,29)30)13-15(2)18(22)33-11-12-35(25,26)27/h15-17H,6-14H2,1-5H3,(H3-,25,26,27,28,29,30)/p+1. The number of esters is 3. The van der Waals surface area contributed by atoms with Gasteiger partial charge in [0.1, 0.15) is 26.4 Å². The number of hydrogen-bond donors (Lipinski definition) is 4. The molecule has 0 spiro atoms. The summed E-state index contributed by atoms with van der Waals surface area (Å²) < 4.78 is 41.8. The fourth-order valence-electron chi connectivity index (χ4n) is 2.95. The van der Waals surface area contributed by atoms with Crippen molar-refractivity contribution in [3.05, 3.63) is 0 Å². The smallest absolute Gasteiger partial charge is 0.465 e. The Labute approximate surface area is 211 Å². The van der Waals surface area contributed by atoms with Crippen LogP contribution >= 0.6 is 15.4 Å². The zero-order valence-corrected chi connectivity index (χ0v) is 23.2. The van der Waals surface area contributed by atoms with E-state index in [1.165, 1.54) is 6.92 Å². The molecular weight excluding hydrogens is 524 g/mol. The van der Waals surface area contributed by atoms with Crippen molar-refractivity contribution in [2.45, 2.75) is 33.1 Å². The second kappa shape index (κ2) is 15.8. The molecule has 16 heteroatoms. The molecule has 3 unspecified atom stereocenters. The first-order valence-corrected chi connectivity index (χ1v) is 14.7. The van der Waals surface area contributed by atoms with E-state index in [0.717, 1.165) is 0 Å². The molecule has 3 atom stereocenters. The van der Waals surface area contributed by atoms with Gasteiger partial charge in [-0.25, -0.2) is 4.57 Å². The van der Waals surface area contributed by atoms with Gasteiger partial charge in [-0.3, -0.25) is 23.5 Å². The molecule has 0 aliphatic carbocycles. The Morgan fingerprint density at radius 1 is 0.778 bits per heavy atom. The van der Waals surface area contributed by atoms with E-state index >= 15 is 0 Å². The molecule has 0 heterocycles. The lowest BCUT2D eigenvalue weighted by Crippen LogP contribution is -2.38. The van der Waals surface area contributed by atoms with Crippen molar-refractivity contribution >= 4 is 33.3 Å². The van der Waals surface area contributed by atoms with Gasteiger partial charge in [-0.05, 0) is 19.3 Å². The Morgan fingerprint density at radius 2 is 1.31 bits per heavy atom. The Kier molecular flexibility index (Phi) is 15.2. The first kappa shape index (κ1) is 34.6. The van der Waals surface area contributed by atoms with Crippen LogP contribution in [0.4, 0.5) is 0 Å². The second-order valence-electron chi connectivity index (χ2n) is 9.40. The van der Waals surface area contributed by atoms with Gasteiger partial charge < -0.3 is 38.3 Å². The highest BCUT2D eigenvalue weighted by Gasteiger charge is 2.32. The summed E-state index contributed by atoms with van der Waals surface area (Å²) in [5.74, 6) is -4.64. The maximum atomic E-state index is 12.7. The molecule has 0 aromatic carbocycles. The topological polar surface area (TPSA) is 203 Å². The van der Waals surface area contributed by atoms with Crippen LogP contribution in [0.5, 0.6) is 0 Å². The van der Waals surface area contributed by atoms with Gasteiger partial charge >= 0.3 is 33.3 Å². The van der Waals surface area contributed by atoms with Crippen molar-refractivity contribution in [1.82, 2.24) is 0 Å². The van der Waals surface area contributed by atoms with E-state index in [0.29, 0.717) is 17.4 Å². The molecule has 36 heavy (non-hydrogen) atoms. The van der Waals surface area contributed by atoms with E-state index in [1.54, 1.807) is 6.92 Å². The van der Waals surface area contributed by atoms with Crippen LogP contribution in [-0.4, -0.2) is 102 Å². The third-order valence-corrected chi connectivity index (χ3v) is 6.27. The fraction of sp³-hybridized carbons (Fsp3) is 0.850. The molecule has 0 aromatic rings. The predicted octanol–water partition coefficient (Wildman–Crippen LogP) is 0.668. The first-order valence-electron chi connectivity index (χ1n) is 11.4. The molecule has 4 N–H and O–H groups in total. The van der Waals surface area contributed by atoms with Crippen LogP contribution in [0.1, 0.15) is 33.1 Å². The zero-order valence-electron chi connectivity index (χ0n) is 21.4. The maximum absolute atomic E-state index is 12.7. The van der Waals surface area contributed by atoms with Crippen molar-refractivity contribution in [3.63, 3.8) is 0 Å². The molecular formula is C20H40NO13P2+. The average Bonchev–Trinajstić information content (AvgIpc) is 2.70. The zero-order chi connectivity index (χ0) is 28.2. The minimum atomic E-state index is -4.74. The molecule has 14 nitrogen and oxygen atoms in total. The van der Waals surface area contributed by atoms with Gasteiger partial charge in [0.2, 0.25) is 0 Å². The van der Waals surface area contributed by atoms with Crippen LogP contribution in [0.25, 0.3) is 0 Å². The number of rotatable bonds is 18. The van der Waals surface area contributed by atoms with Gasteiger partial charge in [0, 0.05) is 0 Å². The van der Waals surface area contributed by atoms with E-state index in [4.69, 9.17) is 33.8 Å². The number of hydrogen-bond acceptors (Lipinski definition) is 9. The van der Waals surface area contributed by atoms with Crippen LogP contribution in [0.15, 0.2) is 0 Å². The highest BCUT2D eigenvalue weighted by Crippen LogP contribution is 2.35. The summed E-state index contributed by atoms with van der Waals surface area (Å²) in [5.41, 5.74) is 0. The third kappa shape index (κ3) is 18.0. The van der Waals surface area contributed by atoms with Crippen LogP contribution in [0.3, 0.4) is 0 Å². The van der Waals surface area contributed by atoms with Crippen molar-refractivity contribution in [3.8, 4) is 0 Å². The average molecular weight is 564 g/mol. The predicted molar refractivity (Wildman–Crippen MR) is 126 cm³/mol. The molecule has 0 radical (unpaired) electrons. The number of carbonyl (C=O) groups excluding carboxylic acids is 3. The Morgan fingerprint density at radius 3 is 1.81 bits per heavy atom. The summed E-state index contributed by atoms with van der Waals surface area (Å²) in [6.45, 7) is 2.41. The van der Waals surface area contributed by atoms with Crippen LogP contribution in [-0.2, 0) is 42.2 Å². The number of phosphoric ester groups is 1. The Balaban J connectivity index is 5.24. The van der Waals surface area contributed by atoms with Crippen LogP contribution < -0.4 is 0 Å². The summed E-state index contributed by atoms with van der Waals surface area (Å²) in [4.78, 5) is 72.8. The van der Waals surface area contributed by atoms with Gasteiger partial charge in [-0.2, -0.15) is 0 Å². The molecule has 0 aliphatic rings. The van der Waals surface area contributed by atoms with Crippen LogP contribution in [0, 0.1) is 17.8 Å². The summed E-state index contributed by atoms with van der Waals surface area (Å²) in [5, 5.41) is 0. The van der Waals surface area contributed by atoms with Gasteiger partial charge in [0.05, 0.1) is 51.7 Å². The number of carbonyl (C=O) groups is 3. The number of quaternary nitrogens is 1. The van der Waals surface area contributed by atoms with Gasteiger partial charge in [-0.15, -0.1) is 0 Å².